The second-order valence-electron chi connectivity index (χ2n) is 5.92. The average Bonchev–Trinajstić information content (AvgIpc) is 3.15. The van der Waals surface area contributed by atoms with Gasteiger partial charge in [-0.2, -0.15) is 0 Å². The van der Waals surface area contributed by atoms with Gasteiger partial charge in [0, 0.05) is 49.1 Å². The molecule has 2 aromatic heterocycles. The van der Waals surface area contributed by atoms with Gasteiger partial charge in [-0.1, -0.05) is 0 Å². The largest absolute Gasteiger partial charge is 0.372 e. The first kappa shape index (κ1) is 18.5. The quantitative estimate of drug-likeness (QED) is 0.518. The van der Waals surface area contributed by atoms with E-state index in [1.165, 1.54) is 17.4 Å². The van der Waals surface area contributed by atoms with Gasteiger partial charge in [-0.25, -0.2) is 4.98 Å². The van der Waals surface area contributed by atoms with Gasteiger partial charge in [-0.15, -0.1) is 11.3 Å². The number of rotatable bonds is 6. The van der Waals surface area contributed by atoms with Crippen LogP contribution in [0.2, 0.25) is 0 Å². The fourth-order valence-electron chi connectivity index (χ4n) is 2.48. The number of aromatic nitrogens is 2. The zero-order valence-electron chi connectivity index (χ0n) is 14.7. The molecule has 3 aromatic rings. The summed E-state index contributed by atoms with van der Waals surface area (Å²) in [6.07, 6.45) is 3.39. The molecule has 0 spiro atoms. The fraction of sp³-hybridized carbons (Fsp3) is 0.167. The molecular formula is C18H17N5O3S. The number of hydrogen-bond acceptors (Lipinski definition) is 7. The molecule has 0 aliphatic rings. The summed E-state index contributed by atoms with van der Waals surface area (Å²) in [6, 6.07) is 8.16. The van der Waals surface area contributed by atoms with Crippen molar-refractivity contribution in [2.45, 2.75) is 6.54 Å². The highest BCUT2D eigenvalue weighted by Crippen LogP contribution is 2.28. The Kier molecular flexibility index (Phi) is 5.41. The summed E-state index contributed by atoms with van der Waals surface area (Å²) in [7, 11) is 3.43. The van der Waals surface area contributed by atoms with Gasteiger partial charge in [-0.3, -0.25) is 19.9 Å². The summed E-state index contributed by atoms with van der Waals surface area (Å²) in [5.41, 5.74) is 2.25. The number of carbonyl (C=O) groups is 1. The predicted molar refractivity (Wildman–Crippen MR) is 104 cm³/mol. The molecule has 1 amide bonds. The minimum absolute atomic E-state index is 0.110. The van der Waals surface area contributed by atoms with E-state index in [0.717, 1.165) is 16.3 Å². The predicted octanol–water partition coefficient (Wildman–Crippen LogP) is 3.11. The Morgan fingerprint density at radius 3 is 2.67 bits per heavy atom. The molecule has 0 bridgehead atoms. The number of nitro groups is 1. The van der Waals surface area contributed by atoms with Gasteiger partial charge < -0.3 is 10.2 Å². The Morgan fingerprint density at radius 1 is 1.26 bits per heavy atom. The van der Waals surface area contributed by atoms with E-state index in [4.69, 9.17) is 0 Å². The van der Waals surface area contributed by atoms with Crippen LogP contribution >= 0.6 is 11.3 Å². The zero-order valence-corrected chi connectivity index (χ0v) is 15.6. The van der Waals surface area contributed by atoms with Crippen LogP contribution in [0, 0.1) is 10.1 Å². The highest BCUT2D eigenvalue weighted by atomic mass is 32.1. The summed E-state index contributed by atoms with van der Waals surface area (Å²) < 4.78 is 0. The van der Waals surface area contributed by atoms with Gasteiger partial charge in [0.1, 0.15) is 10.7 Å². The van der Waals surface area contributed by atoms with Gasteiger partial charge in [0.15, 0.2) is 0 Å². The number of nitrogens with one attached hydrogen (secondary N) is 1. The van der Waals surface area contributed by atoms with Crippen LogP contribution in [0.3, 0.4) is 0 Å². The maximum Gasteiger partial charge on any atom is 0.293 e. The summed E-state index contributed by atoms with van der Waals surface area (Å²) in [5, 5.41) is 16.7. The molecule has 2 heterocycles. The molecular weight excluding hydrogens is 366 g/mol. The van der Waals surface area contributed by atoms with Gasteiger partial charge in [-0.05, 0) is 24.3 Å². The van der Waals surface area contributed by atoms with Crippen LogP contribution in [-0.4, -0.2) is 34.9 Å². The number of hydrogen-bond donors (Lipinski definition) is 1. The van der Waals surface area contributed by atoms with E-state index in [1.54, 1.807) is 43.5 Å². The van der Waals surface area contributed by atoms with Crippen LogP contribution in [0.4, 0.5) is 11.4 Å². The summed E-state index contributed by atoms with van der Waals surface area (Å²) in [6.45, 7) is 0.240. The third-order valence-corrected chi connectivity index (χ3v) is 4.77. The molecule has 0 atom stereocenters. The standard InChI is InChI=1S/C18H17N5O3S/c1-22(2)15-4-3-13(9-16(15)23(25)26)17(24)20-10-14-11-27-18(21-14)12-5-7-19-8-6-12/h3-9,11H,10H2,1-2H3,(H,20,24). The normalized spacial score (nSPS) is 10.4. The van der Waals surface area contributed by atoms with Crippen molar-refractivity contribution in [2.24, 2.45) is 0 Å². The minimum atomic E-state index is -0.493. The van der Waals surface area contributed by atoms with Crippen molar-refractivity contribution in [3.63, 3.8) is 0 Å². The topological polar surface area (TPSA) is 101 Å². The molecule has 0 aliphatic heterocycles. The monoisotopic (exact) mass is 383 g/mol. The third kappa shape index (κ3) is 4.26. The lowest BCUT2D eigenvalue weighted by atomic mass is 10.1. The lowest BCUT2D eigenvalue weighted by Crippen LogP contribution is -2.23. The molecule has 1 aromatic carbocycles. The molecule has 0 unspecified atom stereocenters. The molecule has 0 fully saturated rings. The number of amides is 1. The first-order valence-electron chi connectivity index (χ1n) is 8.04. The van der Waals surface area contributed by atoms with E-state index in [-0.39, 0.29) is 23.7 Å². The SMILES string of the molecule is CN(C)c1ccc(C(=O)NCc2csc(-c3ccncc3)n2)cc1[N+](=O)[O-]. The molecule has 138 valence electrons. The molecule has 27 heavy (non-hydrogen) atoms. The van der Waals surface area contributed by atoms with E-state index < -0.39 is 4.92 Å². The van der Waals surface area contributed by atoms with Crippen LogP contribution in [0.15, 0.2) is 48.1 Å². The van der Waals surface area contributed by atoms with E-state index in [0.29, 0.717) is 5.69 Å². The van der Waals surface area contributed by atoms with Crippen molar-refractivity contribution >= 4 is 28.6 Å². The van der Waals surface area contributed by atoms with Crippen molar-refractivity contribution in [3.05, 3.63) is 69.5 Å². The smallest absolute Gasteiger partial charge is 0.293 e. The Labute approximate surface area is 159 Å². The van der Waals surface area contributed by atoms with Crippen LogP contribution in [0.5, 0.6) is 0 Å². The molecule has 8 nitrogen and oxygen atoms in total. The Bertz CT molecular complexity index is 972. The molecule has 1 N–H and O–H groups in total. The fourth-order valence-corrected chi connectivity index (χ4v) is 3.30. The van der Waals surface area contributed by atoms with Crippen molar-refractivity contribution < 1.29 is 9.72 Å². The Hall–Kier alpha value is -3.33. The van der Waals surface area contributed by atoms with Crippen LogP contribution < -0.4 is 10.2 Å². The first-order chi connectivity index (χ1) is 13.0. The van der Waals surface area contributed by atoms with Crippen LogP contribution in [-0.2, 0) is 6.54 Å². The number of benzene rings is 1. The second kappa shape index (κ2) is 7.92. The van der Waals surface area contributed by atoms with Gasteiger partial charge in [0.05, 0.1) is 17.2 Å². The highest BCUT2D eigenvalue weighted by Gasteiger charge is 2.19. The van der Waals surface area contributed by atoms with Crippen molar-refractivity contribution in [1.82, 2.24) is 15.3 Å². The van der Waals surface area contributed by atoms with E-state index in [2.05, 4.69) is 15.3 Å². The lowest BCUT2D eigenvalue weighted by Gasteiger charge is -2.13. The van der Waals surface area contributed by atoms with Gasteiger partial charge >= 0.3 is 0 Å². The molecule has 0 saturated heterocycles. The van der Waals surface area contributed by atoms with Gasteiger partial charge in [0.2, 0.25) is 0 Å². The maximum atomic E-state index is 12.4. The number of anilines is 1. The number of nitro benzene ring substituents is 1. The molecule has 9 heteroatoms. The molecule has 0 radical (unpaired) electrons. The second-order valence-corrected chi connectivity index (χ2v) is 6.78. The number of pyridine rings is 1. The summed E-state index contributed by atoms with van der Waals surface area (Å²) in [5.74, 6) is -0.387. The van der Waals surface area contributed by atoms with E-state index >= 15 is 0 Å². The lowest BCUT2D eigenvalue weighted by molar-refractivity contribution is -0.384. The van der Waals surface area contributed by atoms with E-state index in [9.17, 15) is 14.9 Å². The third-order valence-electron chi connectivity index (χ3n) is 3.83. The van der Waals surface area contributed by atoms with Crippen molar-refractivity contribution in [1.29, 1.82) is 0 Å². The summed E-state index contributed by atoms with van der Waals surface area (Å²) >= 11 is 1.48. The Balaban J connectivity index is 1.70. The molecule has 3 rings (SSSR count). The summed E-state index contributed by atoms with van der Waals surface area (Å²) in [4.78, 5) is 33.2. The van der Waals surface area contributed by atoms with Crippen LogP contribution in [0.1, 0.15) is 16.1 Å². The average molecular weight is 383 g/mol. The number of nitrogens with zero attached hydrogens (tertiary/aromatic N) is 4. The highest BCUT2D eigenvalue weighted by molar-refractivity contribution is 7.13. The van der Waals surface area contributed by atoms with Crippen molar-refractivity contribution in [3.8, 4) is 10.6 Å². The number of thiazole rings is 1. The minimum Gasteiger partial charge on any atom is -0.372 e. The number of carbonyl (C=O) groups excluding carboxylic acids is 1. The zero-order chi connectivity index (χ0) is 19.4. The first-order valence-corrected chi connectivity index (χ1v) is 8.92. The Morgan fingerprint density at radius 2 is 2.00 bits per heavy atom. The molecule has 0 saturated carbocycles. The van der Waals surface area contributed by atoms with E-state index in [1.807, 2.05) is 17.5 Å². The van der Waals surface area contributed by atoms with Crippen molar-refractivity contribution in [2.75, 3.05) is 19.0 Å². The maximum absolute atomic E-state index is 12.4. The van der Waals surface area contributed by atoms with Crippen LogP contribution in [0.25, 0.3) is 10.6 Å². The molecule has 0 aliphatic carbocycles. The van der Waals surface area contributed by atoms with Gasteiger partial charge in [0.25, 0.3) is 11.6 Å².